The second-order valence-electron chi connectivity index (χ2n) is 4.64. The third-order valence-electron chi connectivity index (χ3n) is 3.83. The number of hydrogen-bond donors (Lipinski definition) is 1. The van der Waals surface area contributed by atoms with E-state index in [4.69, 9.17) is 0 Å². The maximum absolute atomic E-state index is 12.1. The normalized spacial score (nSPS) is 20.2. The van der Waals surface area contributed by atoms with E-state index in [1.54, 1.807) is 0 Å². The fourth-order valence-electron chi connectivity index (χ4n) is 3.03. The minimum absolute atomic E-state index is 0.186. The van der Waals surface area contributed by atoms with Crippen LogP contribution < -0.4 is 5.32 Å². The number of carbonyl (C=O) groups excluding carboxylic acids is 1. The van der Waals surface area contributed by atoms with E-state index in [9.17, 15) is 4.79 Å². The number of anilines is 1. The molecule has 1 fully saturated rings. The Balaban J connectivity index is 0.000000514. The second kappa shape index (κ2) is 4.91. The largest absolute Gasteiger partial charge is 0.325 e. The van der Waals surface area contributed by atoms with Crippen LogP contribution in [0.1, 0.15) is 51.5 Å². The number of hydrogen-bond acceptors (Lipinski definition) is 1. The van der Waals surface area contributed by atoms with Gasteiger partial charge < -0.3 is 5.32 Å². The van der Waals surface area contributed by atoms with Gasteiger partial charge in [-0.1, -0.05) is 51.3 Å². The monoisotopic (exact) mass is 231 g/mol. The molecule has 1 spiro atoms. The molecule has 0 aromatic heterocycles. The van der Waals surface area contributed by atoms with Crippen molar-refractivity contribution in [1.29, 1.82) is 0 Å². The number of carbonyl (C=O) groups is 1. The minimum Gasteiger partial charge on any atom is -0.325 e. The summed E-state index contributed by atoms with van der Waals surface area (Å²) in [5, 5.41) is 3.02. The van der Waals surface area contributed by atoms with Crippen molar-refractivity contribution in [2.45, 2.75) is 51.4 Å². The Kier molecular flexibility index (Phi) is 3.51. The average Bonchev–Trinajstić information content (AvgIpc) is 2.67. The van der Waals surface area contributed by atoms with Crippen LogP contribution in [0.25, 0.3) is 0 Å². The van der Waals surface area contributed by atoms with Gasteiger partial charge in [0.1, 0.15) is 0 Å². The van der Waals surface area contributed by atoms with Crippen LogP contribution in [0.2, 0.25) is 0 Å². The molecule has 1 N–H and O–H groups in total. The van der Waals surface area contributed by atoms with E-state index >= 15 is 0 Å². The lowest BCUT2D eigenvalue weighted by molar-refractivity contribution is -0.121. The molecule has 1 aliphatic heterocycles. The average molecular weight is 231 g/mol. The van der Waals surface area contributed by atoms with E-state index in [-0.39, 0.29) is 11.3 Å². The highest BCUT2D eigenvalue weighted by Crippen LogP contribution is 2.47. The predicted molar refractivity (Wildman–Crippen MR) is 71.2 cm³/mol. The number of nitrogens with one attached hydrogen (secondary N) is 1. The van der Waals surface area contributed by atoms with Crippen LogP contribution in [0.3, 0.4) is 0 Å². The molecule has 1 aromatic rings. The lowest BCUT2D eigenvalue weighted by Crippen LogP contribution is -2.36. The van der Waals surface area contributed by atoms with E-state index in [0.29, 0.717) is 0 Å². The highest BCUT2D eigenvalue weighted by molar-refractivity contribution is 6.06. The molecular weight excluding hydrogens is 210 g/mol. The molecule has 1 amide bonds. The molecule has 1 heterocycles. The first-order valence-corrected chi connectivity index (χ1v) is 6.74. The van der Waals surface area contributed by atoms with Gasteiger partial charge in [-0.2, -0.15) is 0 Å². The van der Waals surface area contributed by atoms with Gasteiger partial charge in [0.2, 0.25) is 5.91 Å². The van der Waals surface area contributed by atoms with Crippen molar-refractivity contribution in [3.8, 4) is 0 Å². The Morgan fingerprint density at radius 3 is 2.41 bits per heavy atom. The van der Waals surface area contributed by atoms with Crippen LogP contribution in [-0.2, 0) is 10.2 Å². The molecule has 0 bridgehead atoms. The Morgan fingerprint density at radius 1 is 1.06 bits per heavy atom. The number of fused-ring (bicyclic) bond motifs is 2. The van der Waals surface area contributed by atoms with Gasteiger partial charge in [0.05, 0.1) is 5.41 Å². The van der Waals surface area contributed by atoms with Gasteiger partial charge in [-0.05, 0) is 24.5 Å². The van der Waals surface area contributed by atoms with Crippen LogP contribution in [0, 0.1) is 0 Å². The van der Waals surface area contributed by atoms with Crippen molar-refractivity contribution < 1.29 is 4.79 Å². The summed E-state index contributed by atoms with van der Waals surface area (Å²) in [6.07, 6.45) is 5.69. The smallest absolute Gasteiger partial charge is 0.235 e. The molecule has 2 nitrogen and oxygen atoms in total. The highest BCUT2D eigenvalue weighted by Gasteiger charge is 2.46. The molecule has 1 saturated carbocycles. The molecule has 0 unspecified atom stereocenters. The van der Waals surface area contributed by atoms with E-state index in [0.717, 1.165) is 18.5 Å². The SMILES string of the molecule is CC.O=C1Nc2ccccc2C12CCCCC2. The third-order valence-corrected chi connectivity index (χ3v) is 3.83. The topological polar surface area (TPSA) is 29.1 Å². The summed E-state index contributed by atoms with van der Waals surface area (Å²) < 4.78 is 0. The number of para-hydroxylation sites is 1. The molecule has 17 heavy (non-hydrogen) atoms. The van der Waals surface area contributed by atoms with E-state index < -0.39 is 0 Å². The standard InChI is InChI=1S/C13H15NO.C2H6/c15-12-13(8-4-1-5-9-13)10-6-2-3-7-11(10)14-12;1-2/h2-3,6-7H,1,4-5,8-9H2,(H,14,15);1-2H3. The molecular formula is C15H21NO. The van der Waals surface area contributed by atoms with Crippen LogP contribution in [-0.4, -0.2) is 5.91 Å². The summed E-state index contributed by atoms with van der Waals surface area (Å²) in [5.74, 6) is 0.225. The van der Waals surface area contributed by atoms with E-state index in [2.05, 4.69) is 11.4 Å². The molecule has 0 atom stereocenters. The third kappa shape index (κ3) is 1.86. The summed E-state index contributed by atoms with van der Waals surface area (Å²) in [7, 11) is 0. The van der Waals surface area contributed by atoms with E-state index in [1.165, 1.54) is 24.8 Å². The summed E-state index contributed by atoms with van der Waals surface area (Å²) in [4.78, 5) is 12.1. The van der Waals surface area contributed by atoms with Crippen molar-refractivity contribution in [3.63, 3.8) is 0 Å². The van der Waals surface area contributed by atoms with Gasteiger partial charge in [0.25, 0.3) is 0 Å². The zero-order chi connectivity index (χ0) is 12.3. The molecule has 0 saturated heterocycles. The lowest BCUT2D eigenvalue weighted by atomic mass is 9.70. The van der Waals surface area contributed by atoms with Gasteiger partial charge >= 0.3 is 0 Å². The van der Waals surface area contributed by atoms with Gasteiger partial charge in [-0.25, -0.2) is 0 Å². The molecule has 3 rings (SSSR count). The number of benzene rings is 1. The Morgan fingerprint density at radius 2 is 1.71 bits per heavy atom. The summed E-state index contributed by atoms with van der Waals surface area (Å²) in [5.41, 5.74) is 2.08. The van der Waals surface area contributed by atoms with E-state index in [1.807, 2.05) is 32.0 Å². The maximum Gasteiger partial charge on any atom is 0.235 e. The summed E-state index contributed by atoms with van der Waals surface area (Å²) in [6, 6.07) is 8.14. The van der Waals surface area contributed by atoms with Gasteiger partial charge in [-0.15, -0.1) is 0 Å². The van der Waals surface area contributed by atoms with Gasteiger partial charge in [0, 0.05) is 5.69 Å². The van der Waals surface area contributed by atoms with Gasteiger partial charge in [-0.3, -0.25) is 4.79 Å². The van der Waals surface area contributed by atoms with Crippen molar-refractivity contribution in [2.24, 2.45) is 0 Å². The molecule has 1 aliphatic carbocycles. The fourth-order valence-corrected chi connectivity index (χ4v) is 3.03. The first kappa shape index (κ1) is 12.2. The maximum atomic E-state index is 12.1. The number of amides is 1. The van der Waals surface area contributed by atoms with Gasteiger partial charge in [0.15, 0.2) is 0 Å². The van der Waals surface area contributed by atoms with Crippen LogP contribution >= 0.6 is 0 Å². The first-order valence-electron chi connectivity index (χ1n) is 6.74. The first-order chi connectivity index (χ1) is 8.33. The van der Waals surface area contributed by atoms with Crippen LogP contribution in [0.5, 0.6) is 0 Å². The molecule has 92 valence electrons. The van der Waals surface area contributed by atoms with Crippen molar-refractivity contribution >= 4 is 11.6 Å². The quantitative estimate of drug-likeness (QED) is 0.721. The van der Waals surface area contributed by atoms with Crippen LogP contribution in [0.4, 0.5) is 5.69 Å². The van der Waals surface area contributed by atoms with Crippen molar-refractivity contribution in [1.82, 2.24) is 0 Å². The van der Waals surface area contributed by atoms with Crippen molar-refractivity contribution in [3.05, 3.63) is 29.8 Å². The molecule has 2 heteroatoms. The predicted octanol–water partition coefficient (Wildman–Crippen LogP) is 3.87. The van der Waals surface area contributed by atoms with Crippen molar-refractivity contribution in [2.75, 3.05) is 5.32 Å². The zero-order valence-electron chi connectivity index (χ0n) is 10.8. The summed E-state index contributed by atoms with van der Waals surface area (Å²) >= 11 is 0. The molecule has 1 aromatic carbocycles. The van der Waals surface area contributed by atoms with Crippen LogP contribution in [0.15, 0.2) is 24.3 Å². The summed E-state index contributed by atoms with van der Waals surface area (Å²) in [6.45, 7) is 4.00. The minimum atomic E-state index is -0.186. The zero-order valence-corrected chi connectivity index (χ0v) is 10.8. The lowest BCUT2D eigenvalue weighted by Gasteiger charge is -2.31. The highest BCUT2D eigenvalue weighted by atomic mass is 16.2. The molecule has 0 radical (unpaired) electrons. The Labute approximate surface area is 103 Å². The second-order valence-corrected chi connectivity index (χ2v) is 4.64. The fraction of sp³-hybridized carbons (Fsp3) is 0.533. The number of rotatable bonds is 0. The Hall–Kier alpha value is -1.31. The molecule has 2 aliphatic rings. The Bertz CT molecular complexity index is 405.